The van der Waals surface area contributed by atoms with Crippen molar-refractivity contribution in [1.29, 1.82) is 5.26 Å². The molecule has 15 heavy (non-hydrogen) atoms. The lowest BCUT2D eigenvalue weighted by atomic mass is 10.1. The molecule has 76 valence electrons. The molecule has 0 spiro atoms. The number of nitrogens with zero attached hydrogens (tertiary/aromatic N) is 2. The predicted octanol–water partition coefficient (Wildman–Crippen LogP) is 3.01. The number of benzene rings is 1. The van der Waals surface area contributed by atoms with Crippen molar-refractivity contribution >= 4 is 28.9 Å². The highest BCUT2D eigenvalue weighted by molar-refractivity contribution is 6.37. The minimum absolute atomic E-state index is 0.456. The lowest BCUT2D eigenvalue weighted by Crippen LogP contribution is -2.05. The maximum Gasteiger partial charge on any atom is 0.218 e. The van der Waals surface area contributed by atoms with Gasteiger partial charge in [-0.1, -0.05) is 34.4 Å². The molecule has 0 unspecified atom stereocenters. The third-order valence-electron chi connectivity index (χ3n) is 2.05. The maximum atomic E-state index is 8.64. The first-order chi connectivity index (χ1) is 7.20. The Labute approximate surface area is 96.8 Å². The normalized spacial score (nSPS) is 19.3. The van der Waals surface area contributed by atoms with Crippen molar-refractivity contribution < 1.29 is 4.84 Å². The summed E-state index contributed by atoms with van der Waals surface area (Å²) in [6.45, 7) is 0. The molecule has 0 amide bonds. The van der Waals surface area contributed by atoms with Crippen molar-refractivity contribution in [2.24, 2.45) is 5.16 Å². The molecule has 2 rings (SSSR count). The van der Waals surface area contributed by atoms with Crippen molar-refractivity contribution in [2.45, 2.75) is 12.5 Å². The zero-order valence-electron chi connectivity index (χ0n) is 7.58. The van der Waals surface area contributed by atoms with Crippen LogP contribution in [0.25, 0.3) is 0 Å². The van der Waals surface area contributed by atoms with Crippen molar-refractivity contribution in [3.8, 4) is 6.07 Å². The van der Waals surface area contributed by atoms with Gasteiger partial charge in [0.05, 0.1) is 10.7 Å². The SMILES string of the molecule is N#C[C@@H]1CC(c2ccc(Cl)cc2Cl)=NO1. The molecule has 0 radical (unpaired) electrons. The van der Waals surface area contributed by atoms with E-state index in [0.29, 0.717) is 22.2 Å². The Kier molecular flexibility index (Phi) is 2.81. The zero-order chi connectivity index (χ0) is 10.8. The van der Waals surface area contributed by atoms with E-state index in [1.807, 2.05) is 6.07 Å². The van der Waals surface area contributed by atoms with Gasteiger partial charge >= 0.3 is 0 Å². The van der Waals surface area contributed by atoms with Crippen LogP contribution < -0.4 is 0 Å². The molecule has 3 nitrogen and oxygen atoms in total. The molecule has 0 saturated carbocycles. The van der Waals surface area contributed by atoms with Crippen LogP contribution in [0.5, 0.6) is 0 Å². The Hall–Kier alpha value is -1.24. The van der Waals surface area contributed by atoms with Crippen molar-refractivity contribution in [3.05, 3.63) is 33.8 Å². The summed E-state index contributed by atoms with van der Waals surface area (Å²) in [5.74, 6) is 0. The fourth-order valence-electron chi connectivity index (χ4n) is 1.33. The number of hydrogen-bond donors (Lipinski definition) is 0. The van der Waals surface area contributed by atoms with Gasteiger partial charge in [-0.3, -0.25) is 0 Å². The first-order valence-corrected chi connectivity index (χ1v) is 5.04. The molecule has 1 atom stereocenters. The number of oxime groups is 1. The first kappa shape index (κ1) is 10.3. The smallest absolute Gasteiger partial charge is 0.218 e. The highest BCUT2D eigenvalue weighted by atomic mass is 35.5. The molecule has 1 aromatic rings. The van der Waals surface area contributed by atoms with Gasteiger partial charge in [0.2, 0.25) is 6.10 Å². The molecule has 1 aromatic carbocycles. The summed E-state index contributed by atoms with van der Waals surface area (Å²) in [6.07, 6.45) is -0.0514. The Bertz CT molecular complexity index is 465. The second-order valence-electron chi connectivity index (χ2n) is 3.09. The highest BCUT2D eigenvalue weighted by Crippen LogP contribution is 2.25. The van der Waals surface area contributed by atoms with E-state index in [2.05, 4.69) is 5.16 Å². The number of nitriles is 1. The molecule has 1 aliphatic heterocycles. The number of hydrogen-bond acceptors (Lipinski definition) is 3. The fraction of sp³-hybridized carbons (Fsp3) is 0.200. The van der Waals surface area contributed by atoms with Gasteiger partial charge in [-0.25, -0.2) is 0 Å². The Balaban J connectivity index is 2.29. The van der Waals surface area contributed by atoms with Crippen molar-refractivity contribution in [3.63, 3.8) is 0 Å². The third-order valence-corrected chi connectivity index (χ3v) is 2.60. The third kappa shape index (κ3) is 2.06. The molecule has 0 aromatic heterocycles. The van der Waals surface area contributed by atoms with Gasteiger partial charge in [-0.15, -0.1) is 0 Å². The Morgan fingerprint density at radius 1 is 1.47 bits per heavy atom. The Morgan fingerprint density at radius 2 is 2.27 bits per heavy atom. The summed E-state index contributed by atoms with van der Waals surface area (Å²) in [5, 5.41) is 13.5. The summed E-state index contributed by atoms with van der Waals surface area (Å²) in [7, 11) is 0. The molecule has 0 N–H and O–H groups in total. The second-order valence-corrected chi connectivity index (χ2v) is 3.93. The highest BCUT2D eigenvalue weighted by Gasteiger charge is 2.22. The summed E-state index contributed by atoms with van der Waals surface area (Å²) in [6, 6.07) is 7.13. The van der Waals surface area contributed by atoms with E-state index in [-0.39, 0.29) is 0 Å². The molecule has 0 saturated heterocycles. The van der Waals surface area contributed by atoms with Gasteiger partial charge in [-0.2, -0.15) is 5.26 Å². The standard InChI is InChI=1S/C10H6Cl2N2O/c11-6-1-2-8(9(12)3-6)10-4-7(5-13)15-14-10/h1-3,7H,4H2/t7-/m0/s1. The fourth-order valence-corrected chi connectivity index (χ4v) is 1.85. The second kappa shape index (κ2) is 4.09. The van der Waals surface area contributed by atoms with E-state index in [1.54, 1.807) is 18.2 Å². The van der Waals surface area contributed by atoms with Gasteiger partial charge in [0.25, 0.3) is 0 Å². The molecule has 0 aliphatic carbocycles. The van der Waals surface area contributed by atoms with Crippen LogP contribution in [0, 0.1) is 11.3 Å². The Morgan fingerprint density at radius 3 is 2.87 bits per heavy atom. The molecule has 1 heterocycles. The average molecular weight is 241 g/mol. The van der Waals surface area contributed by atoms with E-state index in [4.69, 9.17) is 33.3 Å². The van der Waals surface area contributed by atoms with Crippen LogP contribution in [0.1, 0.15) is 12.0 Å². The number of rotatable bonds is 1. The number of halogens is 2. The lowest BCUT2D eigenvalue weighted by Gasteiger charge is -2.01. The van der Waals surface area contributed by atoms with Gasteiger partial charge in [-0.05, 0) is 12.1 Å². The van der Waals surface area contributed by atoms with Crippen LogP contribution in [0.2, 0.25) is 10.0 Å². The van der Waals surface area contributed by atoms with Crippen molar-refractivity contribution in [2.75, 3.05) is 0 Å². The van der Waals surface area contributed by atoms with Crippen LogP contribution in [-0.4, -0.2) is 11.8 Å². The minimum Gasteiger partial charge on any atom is -0.376 e. The van der Waals surface area contributed by atoms with E-state index in [0.717, 1.165) is 5.56 Å². The first-order valence-electron chi connectivity index (χ1n) is 4.28. The minimum atomic E-state index is -0.508. The van der Waals surface area contributed by atoms with Crippen LogP contribution >= 0.6 is 23.2 Å². The largest absolute Gasteiger partial charge is 0.376 e. The van der Waals surface area contributed by atoms with Gasteiger partial charge < -0.3 is 4.84 Å². The van der Waals surface area contributed by atoms with Crippen LogP contribution in [0.15, 0.2) is 23.4 Å². The lowest BCUT2D eigenvalue weighted by molar-refractivity contribution is 0.125. The van der Waals surface area contributed by atoms with Crippen LogP contribution in [-0.2, 0) is 4.84 Å². The summed E-state index contributed by atoms with van der Waals surface area (Å²) in [4.78, 5) is 4.89. The molecule has 0 fully saturated rings. The average Bonchev–Trinajstić information content (AvgIpc) is 2.66. The predicted molar refractivity (Wildman–Crippen MR) is 58.1 cm³/mol. The van der Waals surface area contributed by atoms with Gasteiger partial charge in [0, 0.05) is 17.0 Å². The zero-order valence-corrected chi connectivity index (χ0v) is 9.09. The molecule has 1 aliphatic rings. The molecular weight excluding hydrogens is 235 g/mol. The maximum absolute atomic E-state index is 8.64. The van der Waals surface area contributed by atoms with E-state index >= 15 is 0 Å². The van der Waals surface area contributed by atoms with Crippen molar-refractivity contribution in [1.82, 2.24) is 0 Å². The quantitative estimate of drug-likeness (QED) is 0.758. The summed E-state index contributed by atoms with van der Waals surface area (Å²) < 4.78 is 0. The van der Waals surface area contributed by atoms with E-state index < -0.39 is 6.10 Å². The van der Waals surface area contributed by atoms with Crippen LogP contribution in [0.3, 0.4) is 0 Å². The van der Waals surface area contributed by atoms with E-state index in [1.165, 1.54) is 0 Å². The van der Waals surface area contributed by atoms with E-state index in [9.17, 15) is 0 Å². The van der Waals surface area contributed by atoms with Gasteiger partial charge in [0.1, 0.15) is 6.07 Å². The molecule has 0 bridgehead atoms. The van der Waals surface area contributed by atoms with Crippen LogP contribution in [0.4, 0.5) is 0 Å². The van der Waals surface area contributed by atoms with Gasteiger partial charge in [0.15, 0.2) is 0 Å². The summed E-state index contributed by atoms with van der Waals surface area (Å²) >= 11 is 11.8. The molecular formula is C10H6Cl2N2O. The topological polar surface area (TPSA) is 45.4 Å². The monoisotopic (exact) mass is 240 g/mol. The summed E-state index contributed by atoms with van der Waals surface area (Å²) in [5.41, 5.74) is 1.45. The molecule has 5 heteroatoms.